The van der Waals surface area contributed by atoms with Crippen LogP contribution in [0.15, 0.2) is 24.4 Å². The first kappa shape index (κ1) is 9.06. The number of H-pyrrole nitrogens is 1. The fourth-order valence-electron chi connectivity index (χ4n) is 1.52. The SMILES string of the molecule is CCCCNc1cccc2cn[nH]c12. The first-order valence-electron chi connectivity index (χ1n) is 5.08. The van der Waals surface area contributed by atoms with Crippen LogP contribution in [0.1, 0.15) is 19.8 Å². The lowest BCUT2D eigenvalue weighted by Crippen LogP contribution is -2.01. The fourth-order valence-corrected chi connectivity index (χ4v) is 1.52. The van der Waals surface area contributed by atoms with Gasteiger partial charge in [-0.1, -0.05) is 25.5 Å². The number of benzene rings is 1. The van der Waals surface area contributed by atoms with Gasteiger partial charge in [-0.3, -0.25) is 5.10 Å². The van der Waals surface area contributed by atoms with Crippen molar-refractivity contribution in [3.8, 4) is 0 Å². The molecule has 0 amide bonds. The van der Waals surface area contributed by atoms with Crippen molar-refractivity contribution in [1.82, 2.24) is 10.2 Å². The standard InChI is InChI=1S/C11H15N3/c1-2-3-7-12-10-6-4-5-9-8-13-14-11(9)10/h4-6,8,12H,2-3,7H2,1H3,(H,13,14). The fraction of sp³-hybridized carbons (Fsp3) is 0.364. The van der Waals surface area contributed by atoms with E-state index in [-0.39, 0.29) is 0 Å². The van der Waals surface area contributed by atoms with Gasteiger partial charge in [0.15, 0.2) is 0 Å². The van der Waals surface area contributed by atoms with Gasteiger partial charge in [-0.2, -0.15) is 5.10 Å². The summed E-state index contributed by atoms with van der Waals surface area (Å²) >= 11 is 0. The molecule has 1 aromatic carbocycles. The molecule has 2 N–H and O–H groups in total. The largest absolute Gasteiger partial charge is 0.383 e. The van der Waals surface area contributed by atoms with Crippen LogP contribution in [0.2, 0.25) is 0 Å². The number of aromatic nitrogens is 2. The first-order valence-corrected chi connectivity index (χ1v) is 5.08. The van der Waals surface area contributed by atoms with Crippen molar-refractivity contribution in [2.75, 3.05) is 11.9 Å². The van der Waals surface area contributed by atoms with Crippen LogP contribution in [0.3, 0.4) is 0 Å². The van der Waals surface area contributed by atoms with Crippen LogP contribution in [0.4, 0.5) is 5.69 Å². The highest BCUT2D eigenvalue weighted by molar-refractivity contribution is 5.89. The maximum atomic E-state index is 4.03. The quantitative estimate of drug-likeness (QED) is 0.726. The molecule has 0 fully saturated rings. The van der Waals surface area contributed by atoms with E-state index < -0.39 is 0 Å². The van der Waals surface area contributed by atoms with Crippen LogP contribution < -0.4 is 5.32 Å². The second-order valence-electron chi connectivity index (χ2n) is 3.42. The molecule has 1 heterocycles. The van der Waals surface area contributed by atoms with Crippen LogP contribution in [0.25, 0.3) is 10.9 Å². The van der Waals surface area contributed by atoms with Crippen LogP contribution in [0, 0.1) is 0 Å². The monoisotopic (exact) mass is 189 g/mol. The number of nitrogens with zero attached hydrogens (tertiary/aromatic N) is 1. The number of anilines is 1. The average molecular weight is 189 g/mol. The number of hydrogen-bond acceptors (Lipinski definition) is 2. The van der Waals surface area contributed by atoms with Gasteiger partial charge in [0.25, 0.3) is 0 Å². The molecule has 1 aromatic heterocycles. The Morgan fingerprint density at radius 1 is 1.43 bits per heavy atom. The molecule has 74 valence electrons. The van der Waals surface area contributed by atoms with Gasteiger partial charge in [0.1, 0.15) is 0 Å². The smallest absolute Gasteiger partial charge is 0.0881 e. The van der Waals surface area contributed by atoms with Crippen LogP contribution >= 0.6 is 0 Å². The summed E-state index contributed by atoms with van der Waals surface area (Å²) in [4.78, 5) is 0. The van der Waals surface area contributed by atoms with Crippen molar-refractivity contribution < 1.29 is 0 Å². The Bertz CT molecular complexity index is 406. The van der Waals surface area contributed by atoms with Gasteiger partial charge in [-0.15, -0.1) is 0 Å². The lowest BCUT2D eigenvalue weighted by atomic mass is 10.2. The third kappa shape index (κ3) is 1.71. The Labute approximate surface area is 83.5 Å². The van der Waals surface area contributed by atoms with Gasteiger partial charge < -0.3 is 5.32 Å². The third-order valence-corrected chi connectivity index (χ3v) is 2.32. The number of fused-ring (bicyclic) bond motifs is 1. The molecule has 0 atom stereocenters. The maximum absolute atomic E-state index is 4.03. The molecular formula is C11H15N3. The zero-order valence-electron chi connectivity index (χ0n) is 8.38. The molecule has 0 aliphatic rings. The first-order chi connectivity index (χ1) is 6.92. The molecule has 0 spiro atoms. The van der Waals surface area contributed by atoms with E-state index in [1.54, 1.807) is 0 Å². The molecular weight excluding hydrogens is 174 g/mol. The predicted molar refractivity (Wildman–Crippen MR) is 59.5 cm³/mol. The van der Waals surface area contributed by atoms with E-state index in [0.717, 1.165) is 23.1 Å². The Morgan fingerprint density at radius 2 is 2.36 bits per heavy atom. The Kier molecular flexibility index (Phi) is 2.68. The molecule has 14 heavy (non-hydrogen) atoms. The summed E-state index contributed by atoms with van der Waals surface area (Å²) in [5.41, 5.74) is 2.25. The van der Waals surface area contributed by atoms with Crippen molar-refractivity contribution in [3.05, 3.63) is 24.4 Å². The lowest BCUT2D eigenvalue weighted by molar-refractivity contribution is 0.835. The minimum absolute atomic E-state index is 1.02. The van der Waals surface area contributed by atoms with Gasteiger partial charge in [-0.05, 0) is 12.5 Å². The Balaban J connectivity index is 2.19. The zero-order valence-corrected chi connectivity index (χ0v) is 8.38. The second-order valence-corrected chi connectivity index (χ2v) is 3.42. The highest BCUT2D eigenvalue weighted by Gasteiger charge is 2.00. The molecule has 0 aliphatic heterocycles. The molecule has 2 rings (SSSR count). The van der Waals surface area contributed by atoms with E-state index in [4.69, 9.17) is 0 Å². The summed E-state index contributed by atoms with van der Waals surface area (Å²) in [7, 11) is 0. The molecule has 0 saturated heterocycles. The molecule has 2 aromatic rings. The topological polar surface area (TPSA) is 40.7 Å². The van der Waals surface area contributed by atoms with Crippen LogP contribution in [-0.4, -0.2) is 16.7 Å². The average Bonchev–Trinajstić information content (AvgIpc) is 2.67. The maximum Gasteiger partial charge on any atom is 0.0881 e. The molecule has 0 aliphatic carbocycles. The summed E-state index contributed by atoms with van der Waals surface area (Å²) in [6.45, 7) is 3.22. The number of nitrogens with one attached hydrogen (secondary N) is 2. The van der Waals surface area contributed by atoms with Crippen molar-refractivity contribution in [2.45, 2.75) is 19.8 Å². The number of para-hydroxylation sites is 1. The number of rotatable bonds is 4. The second kappa shape index (κ2) is 4.13. The molecule has 0 radical (unpaired) electrons. The summed E-state index contributed by atoms with van der Waals surface area (Å²) in [6.07, 6.45) is 4.26. The van der Waals surface area contributed by atoms with E-state index in [1.807, 2.05) is 12.3 Å². The summed E-state index contributed by atoms with van der Waals surface area (Å²) in [5.74, 6) is 0. The molecule has 3 heteroatoms. The number of aromatic amines is 1. The predicted octanol–water partition coefficient (Wildman–Crippen LogP) is 2.77. The van der Waals surface area contributed by atoms with Gasteiger partial charge in [-0.25, -0.2) is 0 Å². The van der Waals surface area contributed by atoms with E-state index >= 15 is 0 Å². The van der Waals surface area contributed by atoms with Crippen molar-refractivity contribution in [1.29, 1.82) is 0 Å². The summed E-state index contributed by atoms with van der Waals surface area (Å²) < 4.78 is 0. The van der Waals surface area contributed by atoms with Crippen LogP contribution in [-0.2, 0) is 0 Å². The van der Waals surface area contributed by atoms with E-state index in [9.17, 15) is 0 Å². The molecule has 0 unspecified atom stereocenters. The zero-order chi connectivity index (χ0) is 9.80. The van der Waals surface area contributed by atoms with Crippen molar-refractivity contribution >= 4 is 16.6 Å². The van der Waals surface area contributed by atoms with E-state index in [2.05, 4.69) is 34.6 Å². The van der Waals surface area contributed by atoms with Crippen molar-refractivity contribution in [3.63, 3.8) is 0 Å². The summed E-state index contributed by atoms with van der Waals surface area (Å²) in [6, 6.07) is 6.19. The minimum atomic E-state index is 1.02. The highest BCUT2D eigenvalue weighted by atomic mass is 15.1. The van der Waals surface area contributed by atoms with Gasteiger partial charge in [0.05, 0.1) is 17.4 Å². The Morgan fingerprint density at radius 3 is 3.21 bits per heavy atom. The summed E-state index contributed by atoms with van der Waals surface area (Å²) in [5, 5.41) is 11.6. The van der Waals surface area contributed by atoms with Crippen LogP contribution in [0.5, 0.6) is 0 Å². The lowest BCUT2D eigenvalue weighted by Gasteiger charge is -2.05. The molecule has 0 saturated carbocycles. The molecule has 3 nitrogen and oxygen atoms in total. The highest BCUT2D eigenvalue weighted by Crippen LogP contribution is 2.20. The van der Waals surface area contributed by atoms with Gasteiger partial charge in [0.2, 0.25) is 0 Å². The normalized spacial score (nSPS) is 10.6. The molecule has 0 bridgehead atoms. The van der Waals surface area contributed by atoms with E-state index in [1.165, 1.54) is 12.8 Å². The Hall–Kier alpha value is -1.51. The van der Waals surface area contributed by atoms with E-state index in [0.29, 0.717) is 0 Å². The number of hydrogen-bond donors (Lipinski definition) is 2. The van der Waals surface area contributed by atoms with Gasteiger partial charge in [0, 0.05) is 11.9 Å². The van der Waals surface area contributed by atoms with Gasteiger partial charge >= 0.3 is 0 Å². The number of unbranched alkanes of at least 4 members (excludes halogenated alkanes) is 1. The van der Waals surface area contributed by atoms with Crippen molar-refractivity contribution in [2.24, 2.45) is 0 Å². The minimum Gasteiger partial charge on any atom is -0.383 e. The third-order valence-electron chi connectivity index (χ3n) is 2.32.